The first kappa shape index (κ1) is 12.6. The molecule has 0 spiro atoms. The first-order valence-corrected chi connectivity index (χ1v) is 5.43. The van der Waals surface area contributed by atoms with E-state index in [1.165, 1.54) is 0 Å². The molecule has 0 fully saturated rings. The van der Waals surface area contributed by atoms with E-state index in [0.717, 1.165) is 12.1 Å². The van der Waals surface area contributed by atoms with Gasteiger partial charge in [0, 0.05) is 14.2 Å². The van der Waals surface area contributed by atoms with Crippen LogP contribution in [0, 0.1) is 0 Å². The SMILES string of the molecule is COC(C)CC(NN)c1c(Br)nnn1C. The third-order valence-electron chi connectivity index (χ3n) is 2.33. The van der Waals surface area contributed by atoms with Crippen LogP contribution in [-0.2, 0) is 11.8 Å². The molecule has 6 nitrogen and oxygen atoms in total. The summed E-state index contributed by atoms with van der Waals surface area (Å²) in [5, 5.41) is 7.81. The monoisotopic (exact) mass is 277 g/mol. The number of methoxy groups -OCH3 is 1. The van der Waals surface area contributed by atoms with E-state index in [1.807, 2.05) is 14.0 Å². The van der Waals surface area contributed by atoms with Crippen LogP contribution < -0.4 is 11.3 Å². The summed E-state index contributed by atoms with van der Waals surface area (Å²) in [6, 6.07) is -0.0330. The molecule has 15 heavy (non-hydrogen) atoms. The van der Waals surface area contributed by atoms with Crippen molar-refractivity contribution >= 4 is 15.9 Å². The zero-order valence-corrected chi connectivity index (χ0v) is 10.7. The summed E-state index contributed by atoms with van der Waals surface area (Å²) in [4.78, 5) is 0. The van der Waals surface area contributed by atoms with Gasteiger partial charge in [-0.05, 0) is 29.3 Å². The van der Waals surface area contributed by atoms with Gasteiger partial charge < -0.3 is 4.74 Å². The number of hydrogen-bond acceptors (Lipinski definition) is 5. The number of aromatic nitrogens is 3. The Hall–Kier alpha value is -0.500. The molecule has 0 aliphatic carbocycles. The van der Waals surface area contributed by atoms with Gasteiger partial charge in [-0.2, -0.15) is 0 Å². The van der Waals surface area contributed by atoms with Gasteiger partial charge in [0.25, 0.3) is 0 Å². The Morgan fingerprint density at radius 1 is 1.67 bits per heavy atom. The molecule has 0 saturated carbocycles. The Balaban J connectivity index is 2.82. The summed E-state index contributed by atoms with van der Waals surface area (Å²) in [6.45, 7) is 1.99. The lowest BCUT2D eigenvalue weighted by atomic mass is 10.1. The molecule has 2 unspecified atom stereocenters. The predicted molar refractivity (Wildman–Crippen MR) is 59.9 cm³/mol. The summed E-state index contributed by atoms with van der Waals surface area (Å²) in [5.74, 6) is 5.51. The Morgan fingerprint density at radius 2 is 2.33 bits per heavy atom. The molecule has 0 amide bonds. The van der Waals surface area contributed by atoms with Gasteiger partial charge in [-0.3, -0.25) is 11.3 Å². The molecular weight excluding hydrogens is 262 g/mol. The molecule has 7 heteroatoms. The van der Waals surface area contributed by atoms with Crippen LogP contribution in [-0.4, -0.2) is 28.2 Å². The minimum absolute atomic E-state index is 0.0330. The van der Waals surface area contributed by atoms with Crippen molar-refractivity contribution in [2.45, 2.75) is 25.5 Å². The van der Waals surface area contributed by atoms with Gasteiger partial charge in [-0.1, -0.05) is 5.21 Å². The maximum absolute atomic E-state index is 5.51. The van der Waals surface area contributed by atoms with E-state index >= 15 is 0 Å². The van der Waals surface area contributed by atoms with Crippen LogP contribution in [0.3, 0.4) is 0 Å². The van der Waals surface area contributed by atoms with E-state index in [1.54, 1.807) is 11.8 Å². The van der Waals surface area contributed by atoms with E-state index in [9.17, 15) is 0 Å². The van der Waals surface area contributed by atoms with Crippen LogP contribution in [0.4, 0.5) is 0 Å². The molecule has 86 valence electrons. The molecule has 1 rings (SSSR count). The molecule has 1 aromatic rings. The van der Waals surface area contributed by atoms with Gasteiger partial charge >= 0.3 is 0 Å². The van der Waals surface area contributed by atoms with Gasteiger partial charge in [-0.25, -0.2) is 4.68 Å². The van der Waals surface area contributed by atoms with E-state index in [4.69, 9.17) is 10.6 Å². The van der Waals surface area contributed by atoms with Gasteiger partial charge in [0.05, 0.1) is 17.8 Å². The van der Waals surface area contributed by atoms with Crippen LogP contribution in [0.15, 0.2) is 4.60 Å². The average Bonchev–Trinajstić information content (AvgIpc) is 2.55. The highest BCUT2D eigenvalue weighted by Gasteiger charge is 2.21. The average molecular weight is 278 g/mol. The first-order valence-electron chi connectivity index (χ1n) is 4.64. The van der Waals surface area contributed by atoms with Crippen LogP contribution in [0.1, 0.15) is 25.1 Å². The number of hydrazine groups is 1. The summed E-state index contributed by atoms with van der Waals surface area (Å²) < 4.78 is 7.60. The van der Waals surface area contributed by atoms with Crippen LogP contribution in [0.5, 0.6) is 0 Å². The number of ether oxygens (including phenoxy) is 1. The molecule has 0 aliphatic rings. The third kappa shape index (κ3) is 2.97. The number of aryl methyl sites for hydroxylation is 1. The quantitative estimate of drug-likeness (QED) is 0.606. The third-order valence-corrected chi connectivity index (χ3v) is 2.89. The van der Waals surface area contributed by atoms with Gasteiger partial charge in [0.15, 0.2) is 4.60 Å². The molecule has 0 aliphatic heterocycles. The first-order chi connectivity index (χ1) is 7.10. The molecule has 0 bridgehead atoms. The highest BCUT2D eigenvalue weighted by atomic mass is 79.9. The van der Waals surface area contributed by atoms with Gasteiger partial charge in [0.1, 0.15) is 0 Å². The lowest BCUT2D eigenvalue weighted by Crippen LogP contribution is -2.32. The molecule has 0 radical (unpaired) electrons. The number of rotatable bonds is 5. The summed E-state index contributed by atoms with van der Waals surface area (Å²) in [7, 11) is 3.50. The fourth-order valence-corrected chi connectivity index (χ4v) is 2.00. The normalized spacial score (nSPS) is 15.3. The van der Waals surface area contributed by atoms with Crippen molar-refractivity contribution in [3.05, 3.63) is 10.3 Å². The molecule has 1 aromatic heterocycles. The largest absolute Gasteiger partial charge is 0.382 e. The molecule has 0 aromatic carbocycles. The van der Waals surface area contributed by atoms with E-state index in [0.29, 0.717) is 4.60 Å². The van der Waals surface area contributed by atoms with Gasteiger partial charge in [-0.15, -0.1) is 5.10 Å². The zero-order valence-electron chi connectivity index (χ0n) is 9.07. The second-order valence-corrected chi connectivity index (χ2v) is 4.14. The van der Waals surface area contributed by atoms with E-state index < -0.39 is 0 Å². The van der Waals surface area contributed by atoms with Crippen molar-refractivity contribution in [3.8, 4) is 0 Å². The van der Waals surface area contributed by atoms with Crippen LogP contribution in [0.25, 0.3) is 0 Å². The fourth-order valence-electron chi connectivity index (χ4n) is 1.40. The van der Waals surface area contributed by atoms with Crippen molar-refractivity contribution < 1.29 is 4.74 Å². The van der Waals surface area contributed by atoms with Crippen molar-refractivity contribution in [3.63, 3.8) is 0 Å². The van der Waals surface area contributed by atoms with Crippen molar-refractivity contribution in [2.24, 2.45) is 12.9 Å². The number of nitrogens with one attached hydrogen (secondary N) is 1. The molecule has 3 N–H and O–H groups in total. The number of halogens is 1. The summed E-state index contributed by atoms with van der Waals surface area (Å²) >= 11 is 3.34. The molecular formula is C8H16BrN5O. The van der Waals surface area contributed by atoms with E-state index in [-0.39, 0.29) is 12.1 Å². The van der Waals surface area contributed by atoms with E-state index in [2.05, 4.69) is 31.7 Å². The zero-order chi connectivity index (χ0) is 11.4. The number of hydrogen-bond donors (Lipinski definition) is 2. The maximum Gasteiger partial charge on any atom is 0.153 e. The second kappa shape index (κ2) is 5.55. The summed E-state index contributed by atoms with van der Waals surface area (Å²) in [5.41, 5.74) is 3.66. The minimum atomic E-state index is -0.0330. The minimum Gasteiger partial charge on any atom is -0.382 e. The van der Waals surface area contributed by atoms with Crippen LogP contribution in [0.2, 0.25) is 0 Å². The van der Waals surface area contributed by atoms with Crippen molar-refractivity contribution in [1.82, 2.24) is 20.4 Å². The van der Waals surface area contributed by atoms with Crippen LogP contribution >= 0.6 is 15.9 Å². The maximum atomic E-state index is 5.51. The Bertz CT molecular complexity index is 296. The molecule has 2 atom stereocenters. The standard InChI is InChI=1S/C8H16BrN5O/c1-5(15-3)4-6(11-10)7-8(9)12-13-14(7)2/h5-6,11H,4,10H2,1-3H3. The predicted octanol–water partition coefficient (Wildman–Crippen LogP) is 0.507. The topological polar surface area (TPSA) is 78.0 Å². The highest BCUT2D eigenvalue weighted by molar-refractivity contribution is 9.10. The Kier molecular flexibility index (Phi) is 4.65. The number of nitrogens with two attached hydrogens (primary N) is 1. The van der Waals surface area contributed by atoms with Crippen molar-refractivity contribution in [2.75, 3.05) is 7.11 Å². The fraction of sp³-hybridized carbons (Fsp3) is 0.750. The Labute approximate surface area is 97.3 Å². The van der Waals surface area contributed by atoms with Crippen molar-refractivity contribution in [1.29, 1.82) is 0 Å². The number of nitrogens with zero attached hydrogens (tertiary/aromatic N) is 3. The molecule has 1 heterocycles. The lowest BCUT2D eigenvalue weighted by molar-refractivity contribution is 0.0993. The second-order valence-electron chi connectivity index (χ2n) is 3.39. The summed E-state index contributed by atoms with van der Waals surface area (Å²) in [6.07, 6.45) is 0.875. The highest BCUT2D eigenvalue weighted by Crippen LogP contribution is 2.23. The smallest absolute Gasteiger partial charge is 0.153 e. The van der Waals surface area contributed by atoms with Gasteiger partial charge in [0.2, 0.25) is 0 Å². The lowest BCUT2D eigenvalue weighted by Gasteiger charge is -2.19. The Morgan fingerprint density at radius 3 is 2.73 bits per heavy atom. The molecule has 0 saturated heterocycles.